The van der Waals surface area contributed by atoms with Crippen LogP contribution in [0.1, 0.15) is 0 Å². The van der Waals surface area contributed by atoms with E-state index >= 15 is 0 Å². The Labute approximate surface area is 162 Å². The predicted molar refractivity (Wildman–Crippen MR) is 107 cm³/mol. The average Bonchev–Trinajstić information content (AvgIpc) is 2.65. The number of non-ortho nitro benzene ring substituents is 1. The average molecular weight is 408 g/mol. The number of nitro benzene ring substituents is 1. The Balaban J connectivity index is 1.67. The van der Waals surface area contributed by atoms with Crippen LogP contribution in [0.4, 0.5) is 5.69 Å². The van der Waals surface area contributed by atoms with Gasteiger partial charge in [0, 0.05) is 33.9 Å². The molecule has 0 unspecified atom stereocenters. The summed E-state index contributed by atoms with van der Waals surface area (Å²) in [5.41, 5.74) is 0.553. The monoisotopic (exact) mass is 407 g/mol. The summed E-state index contributed by atoms with van der Waals surface area (Å²) < 4.78 is 0. The predicted octanol–water partition coefficient (Wildman–Crippen LogP) is 4.32. The first-order valence-electron chi connectivity index (χ1n) is 7.66. The molecule has 3 aromatic rings. The third-order valence-electron chi connectivity index (χ3n) is 3.52. The Morgan fingerprint density at radius 2 is 1.92 bits per heavy atom. The second-order valence-corrected chi connectivity index (χ2v) is 8.04. The number of thioether (sulfide) groups is 2. The number of H-pyrrole nitrogens is 1. The van der Waals surface area contributed by atoms with Crippen molar-refractivity contribution in [1.82, 2.24) is 9.97 Å². The quantitative estimate of drug-likeness (QED) is 0.206. The molecule has 1 aromatic heterocycles. The molecule has 0 amide bonds. The third kappa shape index (κ3) is 4.57. The number of hydrogen-bond donors (Lipinski definition) is 1. The van der Waals surface area contributed by atoms with Crippen LogP contribution in [0.5, 0.6) is 0 Å². The van der Waals surface area contributed by atoms with Gasteiger partial charge in [-0.3, -0.25) is 14.9 Å². The molecule has 0 aliphatic rings. The number of halogens is 1. The Morgan fingerprint density at radius 1 is 1.19 bits per heavy atom. The summed E-state index contributed by atoms with van der Waals surface area (Å²) in [6.07, 6.45) is 0. The van der Waals surface area contributed by atoms with Crippen LogP contribution < -0.4 is 5.56 Å². The number of rotatable bonds is 7. The lowest BCUT2D eigenvalue weighted by molar-refractivity contribution is -0.384. The molecule has 0 fully saturated rings. The number of aromatic amines is 1. The summed E-state index contributed by atoms with van der Waals surface area (Å²) in [6.45, 7) is 0. The fourth-order valence-electron chi connectivity index (χ4n) is 2.25. The lowest BCUT2D eigenvalue weighted by Crippen LogP contribution is -2.12. The van der Waals surface area contributed by atoms with Gasteiger partial charge in [0.15, 0.2) is 5.16 Å². The van der Waals surface area contributed by atoms with Crippen LogP contribution in [0.2, 0.25) is 0 Å². The molecular weight excluding hydrogens is 394 g/mol. The van der Waals surface area contributed by atoms with Crippen molar-refractivity contribution in [3.63, 3.8) is 0 Å². The van der Waals surface area contributed by atoms with Gasteiger partial charge in [0.1, 0.15) is 0 Å². The van der Waals surface area contributed by atoms with Gasteiger partial charge in [-0.25, -0.2) is 4.98 Å². The van der Waals surface area contributed by atoms with Gasteiger partial charge in [0.2, 0.25) is 0 Å². The highest BCUT2D eigenvalue weighted by Crippen LogP contribution is 2.29. The number of nitrogens with one attached hydrogen (secondary N) is 1. The molecule has 6 nitrogen and oxygen atoms in total. The molecule has 0 saturated heterocycles. The molecular formula is C17H14ClN3O3S2. The molecule has 1 atom stereocenters. The molecule has 0 saturated carbocycles. The van der Waals surface area contributed by atoms with Crippen molar-refractivity contribution in [2.75, 3.05) is 11.6 Å². The van der Waals surface area contributed by atoms with Crippen LogP contribution in [0.25, 0.3) is 10.9 Å². The minimum Gasteiger partial charge on any atom is -0.301 e. The van der Waals surface area contributed by atoms with Gasteiger partial charge >= 0.3 is 0 Å². The van der Waals surface area contributed by atoms with E-state index in [1.807, 2.05) is 6.07 Å². The summed E-state index contributed by atoms with van der Waals surface area (Å²) in [7, 11) is 0. The van der Waals surface area contributed by atoms with Crippen LogP contribution >= 0.6 is 35.1 Å². The second-order valence-electron chi connectivity index (χ2n) is 5.34. The van der Waals surface area contributed by atoms with Crippen LogP contribution in [-0.4, -0.2) is 31.8 Å². The highest BCUT2D eigenvalue weighted by Gasteiger charge is 2.13. The van der Waals surface area contributed by atoms with Crippen LogP contribution in [0.3, 0.4) is 0 Å². The van der Waals surface area contributed by atoms with Crippen molar-refractivity contribution < 1.29 is 4.92 Å². The Morgan fingerprint density at radius 3 is 2.62 bits per heavy atom. The van der Waals surface area contributed by atoms with E-state index in [2.05, 4.69) is 9.97 Å². The van der Waals surface area contributed by atoms with Gasteiger partial charge in [-0.05, 0) is 24.3 Å². The normalized spacial score (nSPS) is 12.2. The summed E-state index contributed by atoms with van der Waals surface area (Å²) in [4.78, 5) is 30.5. The van der Waals surface area contributed by atoms with Crippen molar-refractivity contribution in [3.05, 3.63) is 69.0 Å². The number of aromatic nitrogens is 2. The minimum absolute atomic E-state index is 0.0593. The molecule has 134 valence electrons. The van der Waals surface area contributed by atoms with Gasteiger partial charge in [-0.2, -0.15) is 0 Å². The Hall–Kier alpha value is -2.03. The summed E-state index contributed by atoms with van der Waals surface area (Å²) >= 11 is 9.03. The molecule has 1 N–H and O–H groups in total. The first-order valence-corrected chi connectivity index (χ1v) is 10.1. The van der Waals surface area contributed by atoms with E-state index in [4.69, 9.17) is 11.6 Å². The van der Waals surface area contributed by atoms with Crippen molar-refractivity contribution >= 4 is 51.7 Å². The van der Waals surface area contributed by atoms with E-state index in [0.29, 0.717) is 27.7 Å². The Kier molecular flexibility index (Phi) is 6.18. The molecule has 1 heterocycles. The van der Waals surface area contributed by atoms with Crippen molar-refractivity contribution in [2.45, 2.75) is 15.3 Å². The summed E-state index contributed by atoms with van der Waals surface area (Å²) in [6, 6.07) is 13.6. The topological polar surface area (TPSA) is 88.9 Å². The molecule has 0 aliphatic carbocycles. The second kappa shape index (κ2) is 8.57. The molecule has 0 spiro atoms. The molecule has 9 heteroatoms. The number of para-hydroxylation sites is 1. The third-order valence-corrected chi connectivity index (χ3v) is 6.53. The molecule has 0 bridgehead atoms. The SMILES string of the molecule is O=c1[nH]c(SC[C@@H](CCl)Sc2ccc([N+](=O)[O-])cc2)nc2ccccc12. The van der Waals surface area contributed by atoms with Crippen molar-refractivity contribution in [1.29, 1.82) is 0 Å². The van der Waals surface area contributed by atoms with E-state index < -0.39 is 4.92 Å². The fraction of sp³-hybridized carbons (Fsp3) is 0.176. The zero-order valence-corrected chi connectivity index (χ0v) is 15.8. The van der Waals surface area contributed by atoms with Gasteiger partial charge in [0.25, 0.3) is 11.2 Å². The zero-order chi connectivity index (χ0) is 18.5. The number of alkyl halides is 1. The van der Waals surface area contributed by atoms with Gasteiger partial charge in [-0.1, -0.05) is 23.9 Å². The van der Waals surface area contributed by atoms with Gasteiger partial charge < -0.3 is 4.98 Å². The molecule has 26 heavy (non-hydrogen) atoms. The maximum absolute atomic E-state index is 12.1. The standard InChI is InChI=1S/C17H14ClN3O3S2/c18-9-13(26-12-7-5-11(6-8-12)21(23)24)10-25-17-19-15-4-2-1-3-14(15)16(22)20-17/h1-8,13H,9-10H2,(H,19,20,22)/t13-/m1/s1. The van der Waals surface area contributed by atoms with E-state index in [1.54, 1.807) is 42.1 Å². The number of benzene rings is 2. The van der Waals surface area contributed by atoms with E-state index in [0.717, 1.165) is 4.90 Å². The molecule has 3 rings (SSSR count). The van der Waals surface area contributed by atoms with E-state index in [1.165, 1.54) is 23.9 Å². The van der Waals surface area contributed by atoms with E-state index in [9.17, 15) is 14.9 Å². The number of nitrogens with zero attached hydrogens (tertiary/aromatic N) is 2. The van der Waals surface area contributed by atoms with Crippen LogP contribution in [-0.2, 0) is 0 Å². The maximum Gasteiger partial charge on any atom is 0.269 e. The minimum atomic E-state index is -0.426. The van der Waals surface area contributed by atoms with Gasteiger partial charge in [0.05, 0.1) is 15.8 Å². The van der Waals surface area contributed by atoms with Crippen molar-refractivity contribution in [3.8, 4) is 0 Å². The smallest absolute Gasteiger partial charge is 0.269 e. The Bertz CT molecular complexity index is 979. The summed E-state index contributed by atoms with van der Waals surface area (Å²) in [5, 5.41) is 11.9. The number of fused-ring (bicyclic) bond motifs is 1. The zero-order valence-electron chi connectivity index (χ0n) is 13.4. The van der Waals surface area contributed by atoms with Crippen molar-refractivity contribution in [2.24, 2.45) is 0 Å². The number of nitro groups is 1. The highest BCUT2D eigenvalue weighted by molar-refractivity contribution is 8.03. The molecule has 0 radical (unpaired) electrons. The molecule has 2 aromatic carbocycles. The lowest BCUT2D eigenvalue weighted by atomic mass is 10.2. The molecule has 0 aliphatic heterocycles. The summed E-state index contributed by atoms with van der Waals surface area (Å²) in [5.74, 6) is 1.05. The lowest BCUT2D eigenvalue weighted by Gasteiger charge is -2.12. The maximum atomic E-state index is 12.1. The first kappa shape index (κ1) is 18.8. The fourth-order valence-corrected chi connectivity index (χ4v) is 4.69. The highest BCUT2D eigenvalue weighted by atomic mass is 35.5. The largest absolute Gasteiger partial charge is 0.301 e. The van der Waals surface area contributed by atoms with Crippen LogP contribution in [0, 0.1) is 10.1 Å². The van der Waals surface area contributed by atoms with Crippen LogP contribution in [0.15, 0.2) is 63.4 Å². The first-order chi connectivity index (χ1) is 12.6. The van der Waals surface area contributed by atoms with Gasteiger partial charge in [-0.15, -0.1) is 23.4 Å². The van der Waals surface area contributed by atoms with E-state index in [-0.39, 0.29) is 16.5 Å². The number of hydrogen-bond acceptors (Lipinski definition) is 6.